The van der Waals surface area contributed by atoms with Crippen molar-refractivity contribution in [2.24, 2.45) is 5.92 Å². The highest BCUT2D eigenvalue weighted by atomic mass is 32.1. The normalized spacial score (nSPS) is 17.3. The van der Waals surface area contributed by atoms with E-state index in [9.17, 15) is 4.79 Å². The number of pyridine rings is 1. The van der Waals surface area contributed by atoms with Gasteiger partial charge in [-0.25, -0.2) is 9.37 Å². The SMILES string of the molecule is CCOc1c(C)c(OC)cc(-c2cnc(NC3(C(=O)S)CCOCC3)cc2CCC2CC2)c1F. The highest BCUT2D eigenvalue weighted by Gasteiger charge is 2.38. The van der Waals surface area contributed by atoms with Gasteiger partial charge in [0.15, 0.2) is 11.6 Å². The summed E-state index contributed by atoms with van der Waals surface area (Å²) in [6, 6.07) is 3.66. The van der Waals surface area contributed by atoms with Crippen molar-refractivity contribution in [3.05, 3.63) is 35.3 Å². The number of aryl methyl sites for hydroxylation is 1. The van der Waals surface area contributed by atoms with Gasteiger partial charge in [0.05, 0.1) is 13.7 Å². The number of carbonyl (C=O) groups is 1. The maximum atomic E-state index is 15.7. The van der Waals surface area contributed by atoms with E-state index in [1.54, 1.807) is 26.3 Å². The van der Waals surface area contributed by atoms with E-state index in [1.165, 1.54) is 12.8 Å². The summed E-state index contributed by atoms with van der Waals surface area (Å²) in [7, 11) is 1.57. The van der Waals surface area contributed by atoms with E-state index in [2.05, 4.69) is 22.9 Å². The van der Waals surface area contributed by atoms with Crippen molar-refractivity contribution in [1.82, 2.24) is 4.98 Å². The number of nitrogens with zero attached hydrogens (tertiary/aromatic N) is 1. The molecule has 4 rings (SSSR count). The van der Waals surface area contributed by atoms with Gasteiger partial charge in [-0.15, -0.1) is 12.6 Å². The quantitative estimate of drug-likeness (QED) is 0.439. The van der Waals surface area contributed by atoms with Crippen molar-refractivity contribution < 1.29 is 23.4 Å². The highest BCUT2D eigenvalue weighted by Crippen LogP contribution is 2.41. The van der Waals surface area contributed by atoms with Crippen LogP contribution in [-0.2, 0) is 16.0 Å². The van der Waals surface area contributed by atoms with Crippen LogP contribution in [0.25, 0.3) is 11.1 Å². The Labute approximate surface area is 206 Å². The zero-order valence-corrected chi connectivity index (χ0v) is 21.0. The number of aromatic nitrogens is 1. The van der Waals surface area contributed by atoms with Crippen molar-refractivity contribution in [1.29, 1.82) is 0 Å². The lowest BCUT2D eigenvalue weighted by molar-refractivity contribution is -0.117. The van der Waals surface area contributed by atoms with Crippen molar-refractivity contribution in [3.63, 3.8) is 0 Å². The van der Waals surface area contributed by atoms with Crippen LogP contribution in [0.1, 0.15) is 50.2 Å². The summed E-state index contributed by atoms with van der Waals surface area (Å²) in [4.78, 5) is 17.0. The van der Waals surface area contributed by atoms with Gasteiger partial charge in [0.1, 0.15) is 17.1 Å². The van der Waals surface area contributed by atoms with Crippen LogP contribution >= 0.6 is 12.6 Å². The van der Waals surface area contributed by atoms with E-state index in [0.29, 0.717) is 60.9 Å². The number of nitrogens with one attached hydrogen (secondary N) is 1. The first-order valence-corrected chi connectivity index (χ1v) is 12.4. The molecule has 2 fully saturated rings. The predicted octanol–water partition coefficient (Wildman–Crippen LogP) is 5.36. The van der Waals surface area contributed by atoms with E-state index in [0.717, 1.165) is 24.3 Å². The Hall–Kier alpha value is -2.32. The number of rotatable bonds is 10. The van der Waals surface area contributed by atoms with Crippen LogP contribution in [0.3, 0.4) is 0 Å². The lowest BCUT2D eigenvalue weighted by Gasteiger charge is -2.35. The Morgan fingerprint density at radius 2 is 2.03 bits per heavy atom. The second-order valence-electron chi connectivity index (χ2n) is 9.16. The topological polar surface area (TPSA) is 69.7 Å². The molecule has 0 spiro atoms. The van der Waals surface area contributed by atoms with Gasteiger partial charge in [-0.1, -0.05) is 12.8 Å². The molecule has 1 aliphatic carbocycles. The monoisotopic (exact) mass is 488 g/mol. The van der Waals surface area contributed by atoms with Crippen molar-refractivity contribution in [2.45, 2.75) is 57.9 Å². The Morgan fingerprint density at radius 1 is 1.29 bits per heavy atom. The Balaban J connectivity index is 1.75. The molecule has 0 amide bonds. The summed E-state index contributed by atoms with van der Waals surface area (Å²) in [5, 5.41) is 3.11. The van der Waals surface area contributed by atoms with Crippen LogP contribution in [0.5, 0.6) is 11.5 Å². The third kappa shape index (κ3) is 5.18. The molecule has 1 N–H and O–H groups in total. The summed E-state index contributed by atoms with van der Waals surface area (Å²) in [5.41, 5.74) is 1.91. The molecule has 0 atom stereocenters. The van der Waals surface area contributed by atoms with Crippen molar-refractivity contribution in [3.8, 4) is 22.6 Å². The molecule has 2 aliphatic rings. The Kier molecular flexibility index (Phi) is 7.67. The van der Waals surface area contributed by atoms with Gasteiger partial charge >= 0.3 is 0 Å². The van der Waals surface area contributed by atoms with Crippen molar-refractivity contribution >= 4 is 23.6 Å². The molecule has 184 valence electrons. The standard InChI is InChI=1S/C26H33FN2O4S/c1-4-33-24-16(2)21(31-3)14-19(23(24)27)20-15-28-22(13-18(20)8-7-17-5-6-17)29-26(25(30)34)9-11-32-12-10-26/h13-15,17H,4-12H2,1-3H3,(H,28,29)(H,30,34). The fourth-order valence-electron chi connectivity index (χ4n) is 4.56. The minimum atomic E-state index is -0.815. The molecule has 2 heterocycles. The molecule has 0 bridgehead atoms. The minimum absolute atomic E-state index is 0.203. The Bertz CT molecular complexity index is 1050. The van der Waals surface area contributed by atoms with Gasteiger partial charge in [-0.2, -0.15) is 0 Å². The summed E-state index contributed by atoms with van der Waals surface area (Å²) >= 11 is 4.15. The van der Waals surface area contributed by atoms with Gasteiger partial charge in [0.25, 0.3) is 0 Å². The first-order valence-electron chi connectivity index (χ1n) is 12.0. The molecular formula is C26H33FN2O4S. The molecule has 1 aromatic heterocycles. The largest absolute Gasteiger partial charge is 0.496 e. The average Bonchev–Trinajstić information content (AvgIpc) is 3.66. The van der Waals surface area contributed by atoms with Crippen LogP contribution in [0.2, 0.25) is 0 Å². The Morgan fingerprint density at radius 3 is 2.65 bits per heavy atom. The molecule has 1 saturated heterocycles. The summed E-state index contributed by atoms with van der Waals surface area (Å²) in [6.07, 6.45) is 7.04. The van der Waals surface area contributed by atoms with Crippen LogP contribution in [0.4, 0.5) is 10.2 Å². The molecule has 34 heavy (non-hydrogen) atoms. The van der Waals surface area contributed by atoms with Crippen LogP contribution in [-0.4, -0.2) is 42.6 Å². The fraction of sp³-hybridized carbons (Fsp3) is 0.538. The lowest BCUT2D eigenvalue weighted by atomic mass is 9.91. The minimum Gasteiger partial charge on any atom is -0.496 e. The van der Waals surface area contributed by atoms with E-state index in [-0.39, 0.29) is 10.9 Å². The summed E-state index contributed by atoms with van der Waals surface area (Å²) in [5.74, 6) is 1.66. The number of halogens is 1. The molecule has 1 aromatic carbocycles. The number of anilines is 1. The van der Waals surface area contributed by atoms with E-state index in [1.807, 2.05) is 13.0 Å². The predicted molar refractivity (Wildman–Crippen MR) is 134 cm³/mol. The molecule has 1 aliphatic heterocycles. The second-order valence-corrected chi connectivity index (χ2v) is 9.57. The van der Waals surface area contributed by atoms with Gasteiger partial charge in [-0.05, 0) is 50.3 Å². The second kappa shape index (κ2) is 10.5. The number of hydrogen-bond acceptors (Lipinski definition) is 6. The maximum Gasteiger partial charge on any atom is 0.211 e. The fourth-order valence-corrected chi connectivity index (χ4v) is 4.84. The number of methoxy groups -OCH3 is 1. The average molecular weight is 489 g/mol. The number of benzene rings is 1. The number of carbonyl (C=O) groups excluding carboxylic acids is 1. The van der Waals surface area contributed by atoms with Gasteiger partial charge in [0.2, 0.25) is 5.12 Å². The first kappa shape index (κ1) is 24.8. The molecule has 8 heteroatoms. The molecule has 6 nitrogen and oxygen atoms in total. The van der Waals surface area contributed by atoms with E-state index >= 15 is 4.39 Å². The van der Waals surface area contributed by atoms with Gasteiger partial charge < -0.3 is 19.5 Å². The van der Waals surface area contributed by atoms with Crippen molar-refractivity contribution in [2.75, 3.05) is 32.2 Å². The first-order chi connectivity index (χ1) is 16.4. The summed E-state index contributed by atoms with van der Waals surface area (Å²) in [6.45, 7) is 4.94. The maximum absolute atomic E-state index is 15.7. The zero-order chi connectivity index (χ0) is 24.3. The van der Waals surface area contributed by atoms with Gasteiger partial charge in [-0.3, -0.25) is 4.79 Å². The number of hydrogen-bond donors (Lipinski definition) is 2. The van der Waals surface area contributed by atoms with Crippen LogP contribution < -0.4 is 14.8 Å². The lowest BCUT2D eigenvalue weighted by Crippen LogP contribution is -2.48. The molecule has 0 unspecified atom stereocenters. The van der Waals surface area contributed by atoms with Crippen LogP contribution in [0, 0.1) is 18.7 Å². The molecular weight excluding hydrogens is 455 g/mol. The molecule has 0 radical (unpaired) electrons. The summed E-state index contributed by atoms with van der Waals surface area (Å²) < 4.78 is 32.3. The highest BCUT2D eigenvalue weighted by molar-refractivity contribution is 7.96. The number of thiol groups is 1. The number of ether oxygens (including phenoxy) is 3. The van der Waals surface area contributed by atoms with Gasteiger partial charge in [0, 0.05) is 48.9 Å². The molecule has 1 saturated carbocycles. The molecule has 2 aromatic rings. The van der Waals surface area contributed by atoms with Crippen LogP contribution in [0.15, 0.2) is 18.3 Å². The third-order valence-corrected chi connectivity index (χ3v) is 7.28. The third-order valence-electron chi connectivity index (χ3n) is 6.85. The van der Waals surface area contributed by atoms with E-state index < -0.39 is 11.4 Å². The smallest absolute Gasteiger partial charge is 0.211 e. The zero-order valence-electron chi connectivity index (χ0n) is 20.1. The van der Waals surface area contributed by atoms with E-state index in [4.69, 9.17) is 14.2 Å².